The summed E-state index contributed by atoms with van der Waals surface area (Å²) in [5.74, 6) is 0.108. The van der Waals surface area contributed by atoms with Crippen molar-refractivity contribution in [3.05, 3.63) is 29.6 Å². The largest absolute Gasteiger partial charge is 0.343 e. The van der Waals surface area contributed by atoms with Gasteiger partial charge in [0.1, 0.15) is 0 Å². The lowest BCUT2D eigenvalue weighted by Gasteiger charge is -2.33. The van der Waals surface area contributed by atoms with Crippen LogP contribution in [0.1, 0.15) is 37.9 Å². The number of carbonyl (C=O) groups excluding carboxylic acids is 2. The van der Waals surface area contributed by atoms with E-state index >= 15 is 0 Å². The molecule has 1 atom stereocenters. The average molecular weight is 332 g/mol. The molecule has 1 aliphatic rings. The van der Waals surface area contributed by atoms with E-state index in [1.807, 2.05) is 31.9 Å². The molecule has 0 aromatic carbocycles. The molecule has 6 nitrogen and oxygen atoms in total. The second-order valence-corrected chi connectivity index (χ2v) is 6.72. The van der Waals surface area contributed by atoms with Gasteiger partial charge in [-0.2, -0.15) is 0 Å². The van der Waals surface area contributed by atoms with Crippen LogP contribution < -0.4 is 5.32 Å². The number of aryl methyl sites for hydroxylation is 1. The van der Waals surface area contributed by atoms with Crippen LogP contribution in [-0.2, 0) is 11.2 Å². The summed E-state index contributed by atoms with van der Waals surface area (Å²) in [6, 6.07) is 4.17. The molecule has 132 valence electrons. The van der Waals surface area contributed by atoms with Gasteiger partial charge in [-0.25, -0.2) is 4.79 Å². The van der Waals surface area contributed by atoms with E-state index in [1.54, 1.807) is 18.0 Å². The molecule has 0 bridgehead atoms. The monoisotopic (exact) mass is 332 g/mol. The fourth-order valence-corrected chi connectivity index (χ4v) is 2.97. The molecular formula is C18H28N4O2. The standard InChI is InChI=1S/C18H28N4O2/c1-13-5-8-19-17(11-13)12-14(2)21(4)18(24)20-16-6-9-22(10-7-16)15(3)23/h5,8,11,14,16H,6-7,9-10,12H2,1-4H3,(H,20,24). The number of aromatic nitrogens is 1. The molecule has 0 spiro atoms. The van der Waals surface area contributed by atoms with E-state index in [4.69, 9.17) is 0 Å². The quantitative estimate of drug-likeness (QED) is 0.917. The highest BCUT2D eigenvalue weighted by atomic mass is 16.2. The maximum atomic E-state index is 12.4. The zero-order chi connectivity index (χ0) is 17.7. The topological polar surface area (TPSA) is 65.5 Å². The van der Waals surface area contributed by atoms with Crippen LogP contribution in [0.4, 0.5) is 4.79 Å². The van der Waals surface area contributed by atoms with Crippen LogP contribution in [0.3, 0.4) is 0 Å². The summed E-state index contributed by atoms with van der Waals surface area (Å²) in [6.45, 7) is 7.09. The Labute approximate surface area is 144 Å². The Morgan fingerprint density at radius 3 is 2.67 bits per heavy atom. The van der Waals surface area contributed by atoms with Gasteiger partial charge in [0.15, 0.2) is 0 Å². The number of nitrogens with one attached hydrogen (secondary N) is 1. The molecule has 0 aliphatic carbocycles. The van der Waals surface area contributed by atoms with Gasteiger partial charge in [0, 0.05) is 57.5 Å². The molecule has 0 radical (unpaired) electrons. The average Bonchev–Trinajstić information content (AvgIpc) is 2.54. The molecule has 1 saturated heterocycles. The van der Waals surface area contributed by atoms with E-state index in [9.17, 15) is 9.59 Å². The molecule has 1 aliphatic heterocycles. The number of likely N-dealkylation sites (tertiary alicyclic amines) is 1. The van der Waals surface area contributed by atoms with Gasteiger partial charge in [-0.05, 0) is 44.4 Å². The molecule has 1 fully saturated rings. The number of carbonyl (C=O) groups is 2. The van der Waals surface area contributed by atoms with Crippen LogP contribution >= 0.6 is 0 Å². The number of rotatable bonds is 4. The van der Waals surface area contributed by atoms with E-state index in [-0.39, 0.29) is 24.0 Å². The highest BCUT2D eigenvalue weighted by molar-refractivity contribution is 5.75. The van der Waals surface area contributed by atoms with Crippen molar-refractivity contribution in [1.82, 2.24) is 20.1 Å². The molecule has 0 saturated carbocycles. The first-order valence-corrected chi connectivity index (χ1v) is 8.57. The highest BCUT2D eigenvalue weighted by Crippen LogP contribution is 2.12. The normalized spacial score (nSPS) is 16.6. The zero-order valence-electron chi connectivity index (χ0n) is 15.1. The first-order valence-electron chi connectivity index (χ1n) is 8.57. The molecule has 24 heavy (non-hydrogen) atoms. The molecular weight excluding hydrogens is 304 g/mol. The Hall–Kier alpha value is -2.11. The van der Waals surface area contributed by atoms with Gasteiger partial charge in [0.25, 0.3) is 0 Å². The van der Waals surface area contributed by atoms with Crippen molar-refractivity contribution in [2.45, 2.75) is 52.1 Å². The molecule has 1 N–H and O–H groups in total. The zero-order valence-corrected chi connectivity index (χ0v) is 15.1. The predicted octanol–water partition coefficient (Wildman–Crippen LogP) is 1.97. The summed E-state index contributed by atoms with van der Waals surface area (Å²) in [4.78, 5) is 31.7. The fraction of sp³-hybridized carbons (Fsp3) is 0.611. The van der Waals surface area contributed by atoms with Crippen molar-refractivity contribution in [2.75, 3.05) is 20.1 Å². The van der Waals surface area contributed by atoms with Crippen LogP contribution in [0, 0.1) is 6.92 Å². The van der Waals surface area contributed by atoms with Crippen molar-refractivity contribution < 1.29 is 9.59 Å². The van der Waals surface area contributed by atoms with E-state index < -0.39 is 0 Å². The Morgan fingerprint density at radius 2 is 2.08 bits per heavy atom. The minimum atomic E-state index is -0.0589. The Kier molecular flexibility index (Phi) is 6.17. The third-order valence-corrected chi connectivity index (χ3v) is 4.73. The van der Waals surface area contributed by atoms with Crippen LogP contribution in [0.2, 0.25) is 0 Å². The van der Waals surface area contributed by atoms with Gasteiger partial charge in [-0.1, -0.05) is 0 Å². The number of piperidine rings is 1. The number of urea groups is 1. The van der Waals surface area contributed by atoms with Crippen molar-refractivity contribution in [1.29, 1.82) is 0 Å². The summed E-state index contributed by atoms with van der Waals surface area (Å²) >= 11 is 0. The molecule has 2 heterocycles. The van der Waals surface area contributed by atoms with Gasteiger partial charge in [-0.3, -0.25) is 9.78 Å². The van der Waals surface area contributed by atoms with E-state index in [1.165, 1.54) is 5.56 Å². The number of hydrogen-bond acceptors (Lipinski definition) is 3. The summed E-state index contributed by atoms with van der Waals surface area (Å²) in [5, 5.41) is 3.08. The minimum absolute atomic E-state index is 0.0589. The van der Waals surface area contributed by atoms with Crippen molar-refractivity contribution in [2.24, 2.45) is 0 Å². The molecule has 3 amide bonds. The highest BCUT2D eigenvalue weighted by Gasteiger charge is 2.24. The smallest absolute Gasteiger partial charge is 0.317 e. The molecule has 1 aromatic rings. The predicted molar refractivity (Wildman–Crippen MR) is 93.7 cm³/mol. The lowest BCUT2D eigenvalue weighted by atomic mass is 10.1. The molecule has 6 heteroatoms. The SMILES string of the molecule is CC(=O)N1CCC(NC(=O)N(C)C(C)Cc2cc(C)ccn2)CC1. The van der Waals surface area contributed by atoms with Gasteiger partial charge in [-0.15, -0.1) is 0 Å². The molecule has 1 aromatic heterocycles. The van der Waals surface area contributed by atoms with Crippen LogP contribution in [0.15, 0.2) is 18.3 Å². The van der Waals surface area contributed by atoms with Crippen LogP contribution in [0.5, 0.6) is 0 Å². The van der Waals surface area contributed by atoms with Crippen LogP contribution in [0.25, 0.3) is 0 Å². The Morgan fingerprint density at radius 1 is 1.42 bits per heavy atom. The summed E-state index contributed by atoms with van der Waals surface area (Å²) in [5.41, 5.74) is 2.17. The van der Waals surface area contributed by atoms with Crippen molar-refractivity contribution in [3.8, 4) is 0 Å². The van der Waals surface area contributed by atoms with Crippen molar-refractivity contribution >= 4 is 11.9 Å². The third kappa shape index (κ3) is 4.94. The molecule has 1 unspecified atom stereocenters. The maximum absolute atomic E-state index is 12.4. The first kappa shape index (κ1) is 18.2. The third-order valence-electron chi connectivity index (χ3n) is 4.73. The van der Waals surface area contributed by atoms with Crippen molar-refractivity contribution in [3.63, 3.8) is 0 Å². The second kappa shape index (κ2) is 8.13. The number of amides is 3. The Bertz CT molecular complexity index is 582. The lowest BCUT2D eigenvalue weighted by molar-refractivity contribution is -0.129. The number of nitrogens with zero attached hydrogens (tertiary/aromatic N) is 3. The van der Waals surface area contributed by atoms with Gasteiger partial charge in [0.2, 0.25) is 5.91 Å². The van der Waals surface area contributed by atoms with E-state index in [0.29, 0.717) is 13.1 Å². The van der Waals surface area contributed by atoms with Gasteiger partial charge in [0.05, 0.1) is 0 Å². The number of pyridine rings is 1. The fourth-order valence-electron chi connectivity index (χ4n) is 2.97. The van der Waals surface area contributed by atoms with Crippen LogP contribution in [-0.4, -0.2) is 58.9 Å². The molecule has 2 rings (SSSR count). The van der Waals surface area contributed by atoms with Gasteiger partial charge >= 0.3 is 6.03 Å². The summed E-state index contributed by atoms with van der Waals surface area (Å²) in [7, 11) is 1.82. The van der Waals surface area contributed by atoms with E-state index in [2.05, 4.69) is 16.4 Å². The lowest BCUT2D eigenvalue weighted by Crippen LogP contribution is -2.51. The maximum Gasteiger partial charge on any atom is 0.317 e. The number of hydrogen-bond donors (Lipinski definition) is 1. The Balaban J connectivity index is 1.82. The van der Waals surface area contributed by atoms with E-state index in [0.717, 1.165) is 25.0 Å². The van der Waals surface area contributed by atoms with Gasteiger partial charge < -0.3 is 15.1 Å². The first-order chi connectivity index (χ1) is 11.4. The summed E-state index contributed by atoms with van der Waals surface area (Å²) in [6.07, 6.45) is 4.16. The number of likely N-dealkylation sites (N-methyl/N-ethyl adjacent to an activating group) is 1. The minimum Gasteiger partial charge on any atom is -0.343 e. The summed E-state index contributed by atoms with van der Waals surface area (Å²) < 4.78 is 0. The second-order valence-electron chi connectivity index (χ2n) is 6.72.